The highest BCUT2D eigenvalue weighted by atomic mass is 16.5. The monoisotopic (exact) mass is 301 g/mol. The van der Waals surface area contributed by atoms with Gasteiger partial charge < -0.3 is 18.6 Å². The molecule has 0 N–H and O–H groups in total. The number of carbonyl (C=O) groups is 1. The molecule has 1 aromatic carbocycles. The lowest BCUT2D eigenvalue weighted by Crippen LogP contribution is -2.08. The fraction of sp³-hybridized carbons (Fsp3) is 0.250. The normalized spacial score (nSPS) is 9.86. The summed E-state index contributed by atoms with van der Waals surface area (Å²) < 4.78 is 21.0. The van der Waals surface area contributed by atoms with Gasteiger partial charge in [0.2, 0.25) is 0 Å². The smallest absolute Gasteiger partial charge is 0.341 e. The van der Waals surface area contributed by atoms with Crippen LogP contribution in [0.5, 0.6) is 11.5 Å². The van der Waals surface area contributed by atoms with Gasteiger partial charge >= 0.3 is 5.97 Å². The Labute approximate surface area is 127 Å². The van der Waals surface area contributed by atoms with Gasteiger partial charge in [-0.25, -0.2) is 4.79 Å². The van der Waals surface area contributed by atoms with Crippen LogP contribution in [-0.2, 0) is 11.3 Å². The van der Waals surface area contributed by atoms with E-state index >= 15 is 0 Å². The van der Waals surface area contributed by atoms with E-state index in [9.17, 15) is 4.79 Å². The molecule has 114 valence electrons. The summed E-state index contributed by atoms with van der Waals surface area (Å²) in [7, 11) is 1.49. The molecule has 6 heteroatoms. The second kappa shape index (κ2) is 7.18. The van der Waals surface area contributed by atoms with Crippen molar-refractivity contribution in [3.63, 3.8) is 0 Å². The topological polar surface area (TPSA) is 81.7 Å². The Kier molecular flexibility index (Phi) is 5.04. The fourth-order valence-electron chi connectivity index (χ4n) is 1.84. The van der Waals surface area contributed by atoms with Crippen molar-refractivity contribution in [3.8, 4) is 17.6 Å². The van der Waals surface area contributed by atoms with Gasteiger partial charge in [0.15, 0.2) is 17.3 Å². The molecule has 0 aliphatic heterocycles. The van der Waals surface area contributed by atoms with E-state index in [1.54, 1.807) is 25.1 Å². The Hall–Kier alpha value is -2.94. The van der Waals surface area contributed by atoms with Crippen LogP contribution in [0.3, 0.4) is 0 Å². The quantitative estimate of drug-likeness (QED) is 0.763. The lowest BCUT2D eigenvalue weighted by molar-refractivity contribution is 0.0521. The average molecular weight is 301 g/mol. The zero-order valence-electron chi connectivity index (χ0n) is 12.3. The highest BCUT2D eigenvalue weighted by molar-refractivity contribution is 5.90. The van der Waals surface area contributed by atoms with E-state index in [1.165, 1.54) is 19.4 Å². The number of benzene rings is 1. The largest absolute Gasteiger partial charge is 0.493 e. The van der Waals surface area contributed by atoms with E-state index in [0.29, 0.717) is 28.4 Å². The molecule has 0 bridgehead atoms. The van der Waals surface area contributed by atoms with Gasteiger partial charge in [-0.2, -0.15) is 5.26 Å². The Morgan fingerprint density at radius 3 is 2.82 bits per heavy atom. The third kappa shape index (κ3) is 3.38. The molecule has 2 aromatic rings. The highest BCUT2D eigenvalue weighted by Crippen LogP contribution is 2.29. The Balaban J connectivity index is 2.13. The van der Waals surface area contributed by atoms with E-state index < -0.39 is 5.97 Å². The number of carbonyl (C=O) groups excluding carboxylic acids is 1. The maximum atomic E-state index is 11.7. The summed E-state index contributed by atoms with van der Waals surface area (Å²) >= 11 is 0. The SMILES string of the molecule is CCOC(=O)c1ccoc1COc1ccc(C#N)cc1OC. The second-order valence-electron chi connectivity index (χ2n) is 4.24. The molecule has 0 saturated carbocycles. The van der Waals surface area contributed by atoms with Crippen molar-refractivity contribution in [2.75, 3.05) is 13.7 Å². The molecular formula is C16H15NO5. The molecule has 0 spiro atoms. The van der Waals surface area contributed by atoms with Crippen molar-refractivity contribution in [3.05, 3.63) is 47.4 Å². The van der Waals surface area contributed by atoms with Crippen LogP contribution >= 0.6 is 0 Å². The van der Waals surface area contributed by atoms with Crippen LogP contribution in [0.15, 0.2) is 34.9 Å². The van der Waals surface area contributed by atoms with Crippen LogP contribution in [0.4, 0.5) is 0 Å². The summed E-state index contributed by atoms with van der Waals surface area (Å²) in [6.07, 6.45) is 1.40. The molecule has 0 amide bonds. The third-order valence-corrected chi connectivity index (χ3v) is 2.89. The maximum absolute atomic E-state index is 11.7. The minimum Gasteiger partial charge on any atom is -0.493 e. The van der Waals surface area contributed by atoms with E-state index in [4.69, 9.17) is 23.9 Å². The molecule has 0 radical (unpaired) electrons. The lowest BCUT2D eigenvalue weighted by Gasteiger charge is -2.10. The number of hydrogen-bond acceptors (Lipinski definition) is 6. The molecule has 0 atom stereocenters. The molecule has 0 aliphatic carbocycles. The van der Waals surface area contributed by atoms with Gasteiger partial charge in [-0.05, 0) is 25.1 Å². The first-order valence-corrected chi connectivity index (χ1v) is 6.64. The molecule has 1 aromatic heterocycles. The van der Waals surface area contributed by atoms with Gasteiger partial charge in [0.1, 0.15) is 12.2 Å². The standard InChI is InChI=1S/C16H15NO5/c1-3-20-16(18)12-6-7-21-15(12)10-22-13-5-4-11(9-17)8-14(13)19-2/h4-8H,3,10H2,1-2H3. The number of methoxy groups -OCH3 is 1. The predicted molar refractivity (Wildman–Crippen MR) is 76.7 cm³/mol. The number of ether oxygens (including phenoxy) is 3. The summed E-state index contributed by atoms with van der Waals surface area (Å²) in [5.41, 5.74) is 0.795. The number of furan rings is 1. The summed E-state index contributed by atoms with van der Waals surface area (Å²) in [6, 6.07) is 8.38. The van der Waals surface area contributed by atoms with Crippen LogP contribution in [0.2, 0.25) is 0 Å². The van der Waals surface area contributed by atoms with E-state index in [-0.39, 0.29) is 13.2 Å². The zero-order valence-corrected chi connectivity index (χ0v) is 12.3. The number of nitriles is 1. The van der Waals surface area contributed by atoms with Crippen molar-refractivity contribution < 1.29 is 23.4 Å². The molecule has 1 heterocycles. The van der Waals surface area contributed by atoms with Gasteiger partial charge in [0.25, 0.3) is 0 Å². The van der Waals surface area contributed by atoms with Crippen molar-refractivity contribution in [1.29, 1.82) is 5.26 Å². The zero-order chi connectivity index (χ0) is 15.9. The van der Waals surface area contributed by atoms with E-state index in [1.807, 2.05) is 6.07 Å². The average Bonchev–Trinajstić information content (AvgIpc) is 3.01. The number of esters is 1. The van der Waals surface area contributed by atoms with E-state index in [0.717, 1.165) is 0 Å². The molecule has 0 saturated heterocycles. The highest BCUT2D eigenvalue weighted by Gasteiger charge is 2.17. The van der Waals surface area contributed by atoms with Gasteiger partial charge in [0, 0.05) is 6.07 Å². The number of rotatable bonds is 6. The predicted octanol–water partition coefficient (Wildman–Crippen LogP) is 2.92. The maximum Gasteiger partial charge on any atom is 0.341 e. The van der Waals surface area contributed by atoms with Crippen LogP contribution in [-0.4, -0.2) is 19.7 Å². The van der Waals surface area contributed by atoms with Crippen LogP contribution < -0.4 is 9.47 Å². The van der Waals surface area contributed by atoms with Crippen LogP contribution in [0.25, 0.3) is 0 Å². The molecule has 6 nitrogen and oxygen atoms in total. The Morgan fingerprint density at radius 1 is 1.32 bits per heavy atom. The minimum absolute atomic E-state index is 0.0450. The fourth-order valence-corrected chi connectivity index (χ4v) is 1.84. The van der Waals surface area contributed by atoms with E-state index in [2.05, 4.69) is 0 Å². The Morgan fingerprint density at radius 2 is 2.14 bits per heavy atom. The third-order valence-electron chi connectivity index (χ3n) is 2.89. The van der Waals surface area contributed by atoms with Crippen molar-refractivity contribution in [1.82, 2.24) is 0 Å². The van der Waals surface area contributed by atoms with Crippen molar-refractivity contribution in [2.45, 2.75) is 13.5 Å². The lowest BCUT2D eigenvalue weighted by atomic mass is 10.2. The van der Waals surface area contributed by atoms with Gasteiger partial charge in [-0.1, -0.05) is 0 Å². The molecular weight excluding hydrogens is 286 g/mol. The molecule has 22 heavy (non-hydrogen) atoms. The van der Waals surface area contributed by atoms with Crippen molar-refractivity contribution in [2.24, 2.45) is 0 Å². The summed E-state index contributed by atoms with van der Waals surface area (Å²) in [4.78, 5) is 11.7. The Bertz CT molecular complexity index is 699. The first-order valence-electron chi connectivity index (χ1n) is 6.64. The summed E-state index contributed by atoms with van der Waals surface area (Å²) in [5, 5.41) is 8.86. The first-order chi connectivity index (χ1) is 10.7. The van der Waals surface area contributed by atoms with Crippen molar-refractivity contribution >= 4 is 5.97 Å². The summed E-state index contributed by atoms with van der Waals surface area (Å²) in [6.45, 7) is 2.06. The molecule has 2 rings (SSSR count). The molecule has 0 aliphatic rings. The number of hydrogen-bond donors (Lipinski definition) is 0. The van der Waals surface area contributed by atoms with Gasteiger partial charge in [0.05, 0.1) is 31.6 Å². The van der Waals surface area contributed by atoms with Gasteiger partial charge in [-0.3, -0.25) is 0 Å². The first kappa shape index (κ1) is 15.4. The molecule has 0 fully saturated rings. The van der Waals surface area contributed by atoms with Crippen LogP contribution in [0.1, 0.15) is 28.6 Å². The minimum atomic E-state index is -0.457. The van der Waals surface area contributed by atoms with Crippen LogP contribution in [0, 0.1) is 11.3 Å². The second-order valence-corrected chi connectivity index (χ2v) is 4.24. The molecule has 0 unspecified atom stereocenters. The number of nitrogens with zero attached hydrogens (tertiary/aromatic N) is 1. The summed E-state index contributed by atoms with van der Waals surface area (Å²) in [5.74, 6) is 0.794. The van der Waals surface area contributed by atoms with Gasteiger partial charge in [-0.15, -0.1) is 0 Å².